The van der Waals surface area contributed by atoms with Crippen molar-refractivity contribution in [2.45, 2.75) is 32.2 Å². The van der Waals surface area contributed by atoms with Gasteiger partial charge in [-0.05, 0) is 73.9 Å². The van der Waals surface area contributed by atoms with E-state index in [1.165, 1.54) is 48.1 Å². The minimum atomic E-state index is 0.609. The average molecular weight is 297 g/mol. The van der Waals surface area contributed by atoms with E-state index < -0.39 is 0 Å². The third kappa shape index (κ3) is 3.46. The Morgan fingerprint density at radius 2 is 2.12 bits per heavy atom. The molecule has 0 spiro atoms. The van der Waals surface area contributed by atoms with Crippen LogP contribution in [0.15, 0.2) is 22.7 Å². The predicted molar refractivity (Wildman–Crippen MR) is 77.6 cm³/mol. The number of nitrogens with zero attached hydrogens (tertiary/aromatic N) is 1. The Morgan fingerprint density at radius 1 is 1.29 bits per heavy atom. The van der Waals surface area contributed by atoms with Crippen molar-refractivity contribution < 1.29 is 0 Å². The molecule has 0 radical (unpaired) electrons. The standard InChI is InChI=1S/C14H21BrN2/c1-11-5-3-7-13(14(11)15)16-12-6-4-9-17(2)10-8-12/h3,5,7,12,16H,4,6,8-10H2,1-2H3. The second-order valence-electron chi connectivity index (χ2n) is 5.01. The molecule has 0 aromatic heterocycles. The molecule has 3 heteroatoms. The molecule has 1 aliphatic rings. The Bertz CT molecular complexity index is 378. The number of aryl methyl sites for hydroxylation is 1. The van der Waals surface area contributed by atoms with Crippen molar-refractivity contribution in [1.82, 2.24) is 4.90 Å². The molecule has 1 fully saturated rings. The summed E-state index contributed by atoms with van der Waals surface area (Å²) in [4.78, 5) is 2.42. The fourth-order valence-electron chi connectivity index (χ4n) is 2.36. The highest BCUT2D eigenvalue weighted by Crippen LogP contribution is 2.27. The number of anilines is 1. The fraction of sp³-hybridized carbons (Fsp3) is 0.571. The Labute approximate surface area is 113 Å². The van der Waals surface area contributed by atoms with Crippen LogP contribution < -0.4 is 5.32 Å². The van der Waals surface area contributed by atoms with Gasteiger partial charge in [0.05, 0.1) is 0 Å². The van der Waals surface area contributed by atoms with Gasteiger partial charge in [-0.25, -0.2) is 0 Å². The predicted octanol–water partition coefficient (Wildman–Crippen LogP) is 3.65. The maximum Gasteiger partial charge on any atom is 0.0489 e. The molecule has 1 aromatic carbocycles. The molecule has 1 saturated heterocycles. The molecule has 0 bridgehead atoms. The summed E-state index contributed by atoms with van der Waals surface area (Å²) < 4.78 is 1.21. The van der Waals surface area contributed by atoms with E-state index in [0.29, 0.717) is 6.04 Å². The summed E-state index contributed by atoms with van der Waals surface area (Å²) in [5.74, 6) is 0. The zero-order valence-corrected chi connectivity index (χ0v) is 12.3. The SMILES string of the molecule is Cc1cccc(NC2CCCN(C)CC2)c1Br. The quantitative estimate of drug-likeness (QED) is 0.896. The summed E-state index contributed by atoms with van der Waals surface area (Å²) in [5, 5.41) is 3.68. The van der Waals surface area contributed by atoms with E-state index >= 15 is 0 Å². The topological polar surface area (TPSA) is 15.3 Å². The van der Waals surface area contributed by atoms with Crippen molar-refractivity contribution in [1.29, 1.82) is 0 Å². The number of likely N-dealkylation sites (tertiary alicyclic amines) is 1. The van der Waals surface area contributed by atoms with E-state index in [-0.39, 0.29) is 0 Å². The van der Waals surface area contributed by atoms with E-state index in [9.17, 15) is 0 Å². The summed E-state index contributed by atoms with van der Waals surface area (Å²) >= 11 is 3.67. The van der Waals surface area contributed by atoms with Gasteiger partial charge in [-0.2, -0.15) is 0 Å². The summed E-state index contributed by atoms with van der Waals surface area (Å²) in [6.45, 7) is 4.56. The highest BCUT2D eigenvalue weighted by Gasteiger charge is 2.15. The van der Waals surface area contributed by atoms with Gasteiger partial charge in [-0.15, -0.1) is 0 Å². The summed E-state index contributed by atoms with van der Waals surface area (Å²) in [6.07, 6.45) is 3.79. The molecule has 2 rings (SSSR count). The van der Waals surface area contributed by atoms with Gasteiger partial charge in [0.25, 0.3) is 0 Å². The second kappa shape index (κ2) is 5.87. The lowest BCUT2D eigenvalue weighted by Crippen LogP contribution is -2.23. The van der Waals surface area contributed by atoms with Crippen LogP contribution in [0.5, 0.6) is 0 Å². The van der Waals surface area contributed by atoms with Gasteiger partial charge in [-0.1, -0.05) is 12.1 Å². The van der Waals surface area contributed by atoms with Gasteiger partial charge in [0.2, 0.25) is 0 Å². The number of hydrogen-bond donors (Lipinski definition) is 1. The molecule has 0 saturated carbocycles. The van der Waals surface area contributed by atoms with E-state index in [0.717, 1.165) is 0 Å². The summed E-state index contributed by atoms with van der Waals surface area (Å²) in [5.41, 5.74) is 2.53. The molecule has 17 heavy (non-hydrogen) atoms. The van der Waals surface area contributed by atoms with Crippen LogP contribution in [-0.2, 0) is 0 Å². The fourth-order valence-corrected chi connectivity index (χ4v) is 2.74. The van der Waals surface area contributed by atoms with Gasteiger partial charge in [0.15, 0.2) is 0 Å². The summed E-state index contributed by atoms with van der Waals surface area (Å²) in [6, 6.07) is 7.02. The van der Waals surface area contributed by atoms with Crippen LogP contribution in [0.25, 0.3) is 0 Å². The Kier molecular flexibility index (Phi) is 4.46. The number of halogens is 1. The maximum atomic E-state index is 3.68. The van der Waals surface area contributed by atoms with Crippen LogP contribution in [0.2, 0.25) is 0 Å². The minimum absolute atomic E-state index is 0.609. The number of hydrogen-bond acceptors (Lipinski definition) is 2. The van der Waals surface area contributed by atoms with Crippen LogP contribution in [0.3, 0.4) is 0 Å². The smallest absolute Gasteiger partial charge is 0.0489 e. The van der Waals surface area contributed by atoms with E-state index in [4.69, 9.17) is 0 Å². The number of rotatable bonds is 2. The molecule has 2 nitrogen and oxygen atoms in total. The third-order valence-corrected chi connectivity index (χ3v) is 4.56. The molecule has 1 N–H and O–H groups in total. The molecule has 1 aliphatic heterocycles. The Balaban J connectivity index is 2.02. The zero-order valence-electron chi connectivity index (χ0n) is 10.7. The second-order valence-corrected chi connectivity index (χ2v) is 5.80. The molecule has 1 heterocycles. The summed E-state index contributed by atoms with van der Waals surface area (Å²) in [7, 11) is 2.21. The van der Waals surface area contributed by atoms with Crippen molar-refractivity contribution in [3.8, 4) is 0 Å². The van der Waals surface area contributed by atoms with Gasteiger partial charge in [0.1, 0.15) is 0 Å². The van der Waals surface area contributed by atoms with Crippen molar-refractivity contribution in [2.75, 3.05) is 25.5 Å². The highest BCUT2D eigenvalue weighted by molar-refractivity contribution is 9.10. The van der Waals surface area contributed by atoms with Crippen LogP contribution in [0.1, 0.15) is 24.8 Å². The van der Waals surface area contributed by atoms with Crippen LogP contribution in [-0.4, -0.2) is 31.1 Å². The molecule has 1 aromatic rings. The molecule has 94 valence electrons. The van der Waals surface area contributed by atoms with Crippen LogP contribution >= 0.6 is 15.9 Å². The van der Waals surface area contributed by atoms with Gasteiger partial charge >= 0.3 is 0 Å². The van der Waals surface area contributed by atoms with Crippen LogP contribution in [0, 0.1) is 6.92 Å². The van der Waals surface area contributed by atoms with Gasteiger partial charge in [-0.3, -0.25) is 0 Å². The average Bonchev–Trinajstić information content (AvgIpc) is 2.50. The molecule has 1 atom stereocenters. The largest absolute Gasteiger partial charge is 0.381 e. The van der Waals surface area contributed by atoms with Crippen molar-refractivity contribution >= 4 is 21.6 Å². The monoisotopic (exact) mass is 296 g/mol. The zero-order chi connectivity index (χ0) is 12.3. The molecule has 0 aliphatic carbocycles. The van der Waals surface area contributed by atoms with Crippen LogP contribution in [0.4, 0.5) is 5.69 Å². The van der Waals surface area contributed by atoms with Crippen molar-refractivity contribution in [3.63, 3.8) is 0 Å². The molecule has 1 unspecified atom stereocenters. The lowest BCUT2D eigenvalue weighted by molar-refractivity contribution is 0.348. The Hall–Kier alpha value is -0.540. The molecular weight excluding hydrogens is 276 g/mol. The maximum absolute atomic E-state index is 3.68. The van der Waals surface area contributed by atoms with E-state index in [1.807, 2.05) is 0 Å². The van der Waals surface area contributed by atoms with Crippen molar-refractivity contribution in [2.24, 2.45) is 0 Å². The first-order valence-electron chi connectivity index (χ1n) is 6.37. The normalized spacial score (nSPS) is 22.2. The minimum Gasteiger partial charge on any atom is -0.381 e. The molecular formula is C14H21BrN2. The molecule has 0 amide bonds. The van der Waals surface area contributed by atoms with Gasteiger partial charge < -0.3 is 10.2 Å². The third-order valence-electron chi connectivity index (χ3n) is 3.50. The van der Waals surface area contributed by atoms with Gasteiger partial charge in [0, 0.05) is 16.2 Å². The lowest BCUT2D eigenvalue weighted by Gasteiger charge is -2.19. The first-order chi connectivity index (χ1) is 8.16. The van der Waals surface area contributed by atoms with E-state index in [1.54, 1.807) is 0 Å². The lowest BCUT2D eigenvalue weighted by atomic mass is 10.1. The Morgan fingerprint density at radius 3 is 2.94 bits per heavy atom. The number of nitrogens with one attached hydrogen (secondary N) is 1. The first kappa shape index (κ1) is 12.9. The first-order valence-corrected chi connectivity index (χ1v) is 7.16. The van der Waals surface area contributed by atoms with Crippen molar-refractivity contribution in [3.05, 3.63) is 28.2 Å². The highest BCUT2D eigenvalue weighted by atomic mass is 79.9. The number of benzene rings is 1. The van der Waals surface area contributed by atoms with E-state index in [2.05, 4.69) is 58.3 Å².